The van der Waals surface area contributed by atoms with Crippen molar-refractivity contribution in [1.82, 2.24) is 19.9 Å². The van der Waals surface area contributed by atoms with Crippen LogP contribution in [-0.4, -0.2) is 19.9 Å². The van der Waals surface area contributed by atoms with Crippen LogP contribution in [0.5, 0.6) is 0 Å². The lowest BCUT2D eigenvalue weighted by atomic mass is 10.1. The lowest BCUT2D eigenvalue weighted by molar-refractivity contribution is 0.620. The van der Waals surface area contributed by atoms with Crippen LogP contribution in [0.1, 0.15) is 0 Å². The highest BCUT2D eigenvalue weighted by molar-refractivity contribution is 5.88. The maximum Gasteiger partial charge on any atom is 0.227 e. The van der Waals surface area contributed by atoms with Gasteiger partial charge in [0.1, 0.15) is 5.52 Å². The van der Waals surface area contributed by atoms with E-state index in [-0.39, 0.29) is 0 Å². The van der Waals surface area contributed by atoms with E-state index in [2.05, 4.69) is 65.6 Å². The van der Waals surface area contributed by atoms with E-state index in [1.807, 2.05) is 72.8 Å². The van der Waals surface area contributed by atoms with Crippen molar-refractivity contribution in [3.8, 4) is 45.6 Å². The quantitative estimate of drug-likeness (QED) is 0.229. The number of benzene rings is 6. The molecule has 2 heterocycles. The number of hydrogen-bond acceptors (Lipinski definition) is 5. The van der Waals surface area contributed by atoms with Crippen LogP contribution >= 0.6 is 0 Å². The summed E-state index contributed by atoms with van der Waals surface area (Å²) in [5.74, 6) is 2.39. The fourth-order valence-corrected chi connectivity index (χ4v) is 5.19. The smallest absolute Gasteiger partial charge is 0.227 e. The van der Waals surface area contributed by atoms with E-state index in [1.165, 1.54) is 10.8 Å². The Bertz CT molecular complexity index is 2120. The molecule has 41 heavy (non-hydrogen) atoms. The average molecular weight is 527 g/mol. The van der Waals surface area contributed by atoms with E-state index in [0.29, 0.717) is 28.9 Å². The first-order chi connectivity index (χ1) is 20.3. The van der Waals surface area contributed by atoms with Gasteiger partial charge in [-0.1, -0.05) is 91.0 Å². The van der Waals surface area contributed by atoms with Crippen LogP contribution < -0.4 is 0 Å². The second-order valence-corrected chi connectivity index (χ2v) is 10.00. The molecule has 0 aliphatic heterocycles. The summed E-state index contributed by atoms with van der Waals surface area (Å²) in [4.78, 5) is 19.6. The van der Waals surface area contributed by atoms with Crippen molar-refractivity contribution in [2.75, 3.05) is 0 Å². The molecule has 0 aliphatic rings. The van der Waals surface area contributed by atoms with Gasteiger partial charge in [0.2, 0.25) is 5.89 Å². The molecular formula is C36H22N4O. The Labute approximate surface area is 235 Å². The summed E-state index contributed by atoms with van der Waals surface area (Å²) < 4.78 is 6.16. The molecule has 5 heteroatoms. The molecule has 192 valence electrons. The van der Waals surface area contributed by atoms with Crippen LogP contribution in [0.4, 0.5) is 0 Å². The summed E-state index contributed by atoms with van der Waals surface area (Å²) in [5.41, 5.74) is 5.10. The second-order valence-electron chi connectivity index (χ2n) is 10.00. The van der Waals surface area contributed by atoms with Crippen LogP contribution in [0.25, 0.3) is 78.3 Å². The van der Waals surface area contributed by atoms with Gasteiger partial charge in [0, 0.05) is 22.3 Å². The van der Waals surface area contributed by atoms with Crippen molar-refractivity contribution in [3.05, 3.63) is 133 Å². The predicted molar refractivity (Wildman–Crippen MR) is 164 cm³/mol. The highest BCUT2D eigenvalue weighted by atomic mass is 16.3. The molecule has 0 bridgehead atoms. The molecule has 8 rings (SSSR count). The monoisotopic (exact) mass is 526 g/mol. The van der Waals surface area contributed by atoms with Crippen LogP contribution in [0.15, 0.2) is 138 Å². The molecule has 0 radical (unpaired) electrons. The molecule has 8 aromatic rings. The van der Waals surface area contributed by atoms with Crippen LogP contribution in [0, 0.1) is 0 Å². The van der Waals surface area contributed by atoms with Gasteiger partial charge in [-0.05, 0) is 64.0 Å². The maximum absolute atomic E-state index is 6.16. The van der Waals surface area contributed by atoms with E-state index >= 15 is 0 Å². The molecule has 0 saturated carbocycles. The van der Waals surface area contributed by atoms with Crippen molar-refractivity contribution >= 4 is 32.6 Å². The first-order valence-corrected chi connectivity index (χ1v) is 13.5. The Hall–Kier alpha value is -5.68. The first kappa shape index (κ1) is 23.2. The lowest BCUT2D eigenvalue weighted by Crippen LogP contribution is -2.00. The third kappa shape index (κ3) is 4.30. The third-order valence-corrected chi connectivity index (χ3v) is 7.32. The normalized spacial score (nSPS) is 11.4. The number of fused-ring (bicyclic) bond motifs is 3. The van der Waals surface area contributed by atoms with Crippen LogP contribution in [0.3, 0.4) is 0 Å². The van der Waals surface area contributed by atoms with E-state index in [9.17, 15) is 0 Å². The standard InChI is InChI=1S/C36H22N4O/c1-2-10-25(11-3-1)36-37-31-19-18-30(22-32(31)41-36)35-39-33(28-16-14-23-8-4-6-12-26(23)20-28)38-34(40-35)29-17-15-24-9-5-7-13-27(24)21-29/h1-22H. The Morgan fingerprint density at radius 1 is 0.366 bits per heavy atom. The molecule has 0 amide bonds. The molecular weight excluding hydrogens is 504 g/mol. The van der Waals surface area contributed by atoms with Gasteiger partial charge in [0.15, 0.2) is 23.1 Å². The summed E-state index contributed by atoms with van der Waals surface area (Å²) in [7, 11) is 0. The highest BCUT2D eigenvalue weighted by Gasteiger charge is 2.15. The molecule has 0 unspecified atom stereocenters. The molecule has 6 aromatic carbocycles. The summed E-state index contributed by atoms with van der Waals surface area (Å²) in [5, 5.41) is 4.61. The van der Waals surface area contributed by atoms with Crippen molar-refractivity contribution < 1.29 is 4.42 Å². The second kappa shape index (κ2) is 9.50. The van der Waals surface area contributed by atoms with E-state index in [1.54, 1.807) is 0 Å². The van der Waals surface area contributed by atoms with Gasteiger partial charge in [-0.3, -0.25) is 0 Å². The van der Waals surface area contributed by atoms with Crippen molar-refractivity contribution in [1.29, 1.82) is 0 Å². The van der Waals surface area contributed by atoms with E-state index in [4.69, 9.17) is 19.4 Å². The first-order valence-electron chi connectivity index (χ1n) is 13.5. The SMILES string of the molecule is c1ccc(-c2nc3ccc(-c4nc(-c5ccc6ccccc6c5)nc(-c5ccc6ccccc6c5)n4)cc3o2)cc1. The Morgan fingerprint density at radius 2 is 0.854 bits per heavy atom. The van der Waals surface area contributed by atoms with Crippen molar-refractivity contribution in [2.45, 2.75) is 0 Å². The molecule has 0 aliphatic carbocycles. The Morgan fingerprint density at radius 3 is 1.44 bits per heavy atom. The Balaban J connectivity index is 1.30. The molecule has 0 N–H and O–H groups in total. The molecule has 0 saturated heterocycles. The minimum absolute atomic E-state index is 0.575. The largest absolute Gasteiger partial charge is 0.436 e. The third-order valence-electron chi connectivity index (χ3n) is 7.32. The van der Waals surface area contributed by atoms with Crippen LogP contribution in [0.2, 0.25) is 0 Å². The zero-order valence-electron chi connectivity index (χ0n) is 21.9. The summed E-state index contributed by atoms with van der Waals surface area (Å²) in [6, 6.07) is 45.0. The highest BCUT2D eigenvalue weighted by Crippen LogP contribution is 2.31. The number of nitrogens with zero attached hydrogens (tertiary/aromatic N) is 4. The number of oxazole rings is 1. The molecule has 2 aromatic heterocycles. The topological polar surface area (TPSA) is 64.7 Å². The predicted octanol–water partition coefficient (Wildman–Crippen LogP) is 8.99. The van der Waals surface area contributed by atoms with E-state index in [0.717, 1.165) is 38.5 Å². The van der Waals surface area contributed by atoms with Gasteiger partial charge in [-0.15, -0.1) is 0 Å². The number of rotatable bonds is 4. The van der Waals surface area contributed by atoms with Crippen molar-refractivity contribution in [2.24, 2.45) is 0 Å². The zero-order valence-corrected chi connectivity index (χ0v) is 21.9. The molecule has 0 spiro atoms. The zero-order chi connectivity index (χ0) is 27.2. The maximum atomic E-state index is 6.16. The lowest BCUT2D eigenvalue weighted by Gasteiger charge is -2.10. The van der Waals surface area contributed by atoms with Gasteiger partial charge in [0.05, 0.1) is 0 Å². The van der Waals surface area contributed by atoms with Crippen molar-refractivity contribution in [3.63, 3.8) is 0 Å². The Kier molecular flexibility index (Phi) is 5.38. The van der Waals surface area contributed by atoms with Gasteiger partial charge >= 0.3 is 0 Å². The molecule has 5 nitrogen and oxygen atoms in total. The van der Waals surface area contributed by atoms with E-state index < -0.39 is 0 Å². The van der Waals surface area contributed by atoms with Gasteiger partial charge in [-0.25, -0.2) is 19.9 Å². The fraction of sp³-hybridized carbons (Fsp3) is 0. The summed E-state index contributed by atoms with van der Waals surface area (Å²) >= 11 is 0. The molecule has 0 fully saturated rings. The minimum atomic E-state index is 0.575. The minimum Gasteiger partial charge on any atom is -0.436 e. The van der Waals surface area contributed by atoms with Gasteiger partial charge in [0.25, 0.3) is 0 Å². The molecule has 0 atom stereocenters. The van der Waals surface area contributed by atoms with Gasteiger partial charge in [-0.2, -0.15) is 0 Å². The average Bonchev–Trinajstić information content (AvgIpc) is 3.48. The fourth-order valence-electron chi connectivity index (χ4n) is 5.19. The number of aromatic nitrogens is 4. The number of hydrogen-bond donors (Lipinski definition) is 0. The van der Waals surface area contributed by atoms with Crippen LogP contribution in [-0.2, 0) is 0 Å². The summed E-state index contributed by atoms with van der Waals surface area (Å²) in [6.07, 6.45) is 0. The van der Waals surface area contributed by atoms with Gasteiger partial charge < -0.3 is 4.42 Å². The summed E-state index contributed by atoms with van der Waals surface area (Å²) in [6.45, 7) is 0.